The van der Waals surface area contributed by atoms with E-state index in [4.69, 9.17) is 14.6 Å². The monoisotopic (exact) mass is 516 g/mol. The summed E-state index contributed by atoms with van der Waals surface area (Å²) in [6.45, 7) is 1.28. The molecule has 0 fully saturated rings. The minimum atomic E-state index is -1.39. The Morgan fingerprint density at radius 2 is 1.39 bits per heavy atom. The maximum Gasteiger partial charge on any atom is 0.407 e. The molecule has 38 heavy (non-hydrogen) atoms. The summed E-state index contributed by atoms with van der Waals surface area (Å²) >= 11 is 0. The molecule has 0 aliphatic heterocycles. The van der Waals surface area contributed by atoms with Crippen LogP contribution in [0.5, 0.6) is 0 Å². The van der Waals surface area contributed by atoms with Gasteiger partial charge >= 0.3 is 18.0 Å². The first kappa shape index (κ1) is 26.4. The van der Waals surface area contributed by atoms with Crippen LogP contribution in [0.1, 0.15) is 36.0 Å². The van der Waals surface area contributed by atoms with Crippen LogP contribution in [-0.2, 0) is 30.5 Å². The van der Waals surface area contributed by atoms with Gasteiger partial charge in [0.2, 0.25) is 5.91 Å². The molecule has 3 aromatic carbocycles. The average Bonchev–Trinajstić information content (AvgIpc) is 3.24. The number of carbonyl (C=O) groups excluding carboxylic acids is 3. The second kappa shape index (κ2) is 12.1. The summed E-state index contributed by atoms with van der Waals surface area (Å²) in [6, 6.07) is 22.1. The normalized spacial score (nSPS) is 13.4. The van der Waals surface area contributed by atoms with Crippen LogP contribution in [0.4, 0.5) is 4.79 Å². The summed E-state index contributed by atoms with van der Waals surface area (Å²) in [7, 11) is 0. The lowest BCUT2D eigenvalue weighted by Gasteiger charge is -2.20. The molecular formula is C29H28N2O7. The number of alkyl carbamates (subject to hydrolysis) is 1. The summed E-state index contributed by atoms with van der Waals surface area (Å²) in [6.07, 6.45) is -1.42. The first-order valence-electron chi connectivity index (χ1n) is 12.2. The lowest BCUT2D eigenvalue weighted by molar-refractivity contribution is -0.147. The number of carboxylic acids is 1. The number of benzene rings is 3. The van der Waals surface area contributed by atoms with Crippen molar-refractivity contribution in [1.82, 2.24) is 10.6 Å². The van der Waals surface area contributed by atoms with Crippen LogP contribution in [0.15, 0.2) is 78.9 Å². The highest BCUT2D eigenvalue weighted by atomic mass is 16.5. The average molecular weight is 517 g/mol. The van der Waals surface area contributed by atoms with Crippen LogP contribution < -0.4 is 10.6 Å². The van der Waals surface area contributed by atoms with E-state index in [9.17, 15) is 19.2 Å². The van der Waals surface area contributed by atoms with Crippen LogP contribution >= 0.6 is 0 Å². The third kappa shape index (κ3) is 6.36. The molecule has 0 heterocycles. The number of hydrogen-bond acceptors (Lipinski definition) is 6. The highest BCUT2D eigenvalue weighted by Gasteiger charge is 2.31. The second-order valence-corrected chi connectivity index (χ2v) is 8.94. The number of fused-ring (bicyclic) bond motifs is 3. The van der Waals surface area contributed by atoms with Crippen molar-refractivity contribution in [2.24, 2.45) is 0 Å². The largest absolute Gasteiger partial charge is 0.480 e. The van der Waals surface area contributed by atoms with E-state index < -0.39 is 42.4 Å². The zero-order valence-corrected chi connectivity index (χ0v) is 20.8. The van der Waals surface area contributed by atoms with E-state index >= 15 is 0 Å². The van der Waals surface area contributed by atoms with E-state index in [1.54, 1.807) is 24.3 Å². The molecule has 0 saturated carbocycles. The SMILES string of the molecule is CC(NC(=O)[C@H](CC(=O)OCc1ccccc1)NC(=O)OCC1c2ccccc2-c2ccccc21)C(=O)O. The Labute approximate surface area is 219 Å². The molecule has 196 valence electrons. The van der Waals surface area contributed by atoms with Crippen molar-refractivity contribution in [2.45, 2.75) is 38.0 Å². The van der Waals surface area contributed by atoms with Gasteiger partial charge in [0.1, 0.15) is 25.3 Å². The topological polar surface area (TPSA) is 131 Å². The molecule has 9 nitrogen and oxygen atoms in total. The first-order valence-corrected chi connectivity index (χ1v) is 12.2. The molecule has 1 aliphatic rings. The molecule has 0 radical (unpaired) electrons. The highest BCUT2D eigenvalue weighted by molar-refractivity contribution is 5.92. The fraction of sp³-hybridized carbons (Fsp3) is 0.241. The minimum absolute atomic E-state index is 0.00944. The number of amides is 2. The molecule has 0 saturated heterocycles. The summed E-state index contributed by atoms with van der Waals surface area (Å²) in [4.78, 5) is 49.1. The van der Waals surface area contributed by atoms with Gasteiger partial charge < -0.3 is 25.2 Å². The Bertz CT molecular complexity index is 1280. The summed E-state index contributed by atoms with van der Waals surface area (Å²) < 4.78 is 10.7. The predicted octanol–water partition coefficient (Wildman–Crippen LogP) is 3.62. The second-order valence-electron chi connectivity index (χ2n) is 8.94. The van der Waals surface area contributed by atoms with Gasteiger partial charge in [0, 0.05) is 5.92 Å². The van der Waals surface area contributed by atoms with Crippen molar-refractivity contribution in [3.05, 3.63) is 95.6 Å². The number of hydrogen-bond donors (Lipinski definition) is 3. The van der Waals surface area contributed by atoms with Crippen molar-refractivity contribution in [3.8, 4) is 11.1 Å². The Morgan fingerprint density at radius 1 is 0.816 bits per heavy atom. The van der Waals surface area contributed by atoms with Crippen molar-refractivity contribution >= 4 is 23.9 Å². The fourth-order valence-corrected chi connectivity index (χ4v) is 4.33. The number of esters is 1. The van der Waals surface area contributed by atoms with Gasteiger partial charge in [-0.2, -0.15) is 0 Å². The molecule has 0 spiro atoms. The van der Waals surface area contributed by atoms with Gasteiger partial charge in [0.25, 0.3) is 0 Å². The van der Waals surface area contributed by atoms with Crippen LogP contribution in [0.3, 0.4) is 0 Å². The summed E-state index contributed by atoms with van der Waals surface area (Å²) in [5.41, 5.74) is 4.94. The molecule has 3 N–H and O–H groups in total. The third-order valence-electron chi connectivity index (χ3n) is 6.29. The number of nitrogens with one attached hydrogen (secondary N) is 2. The quantitative estimate of drug-likeness (QED) is 0.351. The van der Waals surface area contributed by atoms with Gasteiger partial charge in [-0.3, -0.25) is 14.4 Å². The maximum absolute atomic E-state index is 12.7. The number of rotatable bonds is 10. The summed E-state index contributed by atoms with van der Waals surface area (Å²) in [5, 5.41) is 13.8. The molecule has 4 rings (SSSR count). The standard InChI is InChI=1S/C29H28N2O7/c1-18(28(34)35)30-27(33)25(15-26(32)37-16-19-9-3-2-4-10-19)31-29(36)38-17-24-22-13-7-5-11-20(22)21-12-6-8-14-23(21)24/h2-14,18,24-25H,15-17H2,1H3,(H,30,33)(H,31,36)(H,34,35)/t18?,25-/m0/s1. The van der Waals surface area contributed by atoms with Crippen molar-refractivity contribution in [3.63, 3.8) is 0 Å². The van der Waals surface area contributed by atoms with Crippen molar-refractivity contribution in [1.29, 1.82) is 0 Å². The molecule has 1 aliphatic carbocycles. The molecule has 3 aromatic rings. The number of carbonyl (C=O) groups is 4. The maximum atomic E-state index is 12.7. The molecular weight excluding hydrogens is 488 g/mol. The zero-order chi connectivity index (χ0) is 27.1. The number of aliphatic carboxylic acids is 1. The van der Waals surface area contributed by atoms with E-state index in [2.05, 4.69) is 10.6 Å². The predicted molar refractivity (Wildman–Crippen MR) is 138 cm³/mol. The molecule has 0 aromatic heterocycles. The van der Waals surface area contributed by atoms with E-state index in [1.165, 1.54) is 6.92 Å². The van der Waals surface area contributed by atoms with Crippen LogP contribution in [0.25, 0.3) is 11.1 Å². The van der Waals surface area contributed by atoms with Crippen LogP contribution in [-0.4, -0.2) is 47.7 Å². The van der Waals surface area contributed by atoms with Crippen LogP contribution in [0.2, 0.25) is 0 Å². The molecule has 1 unspecified atom stereocenters. The molecule has 0 bridgehead atoms. The highest BCUT2D eigenvalue weighted by Crippen LogP contribution is 2.44. The van der Waals surface area contributed by atoms with E-state index in [0.29, 0.717) is 0 Å². The lowest BCUT2D eigenvalue weighted by atomic mass is 9.98. The van der Waals surface area contributed by atoms with Gasteiger partial charge in [-0.15, -0.1) is 0 Å². The Balaban J connectivity index is 1.40. The van der Waals surface area contributed by atoms with Gasteiger partial charge in [0.05, 0.1) is 6.42 Å². The van der Waals surface area contributed by atoms with E-state index in [0.717, 1.165) is 27.8 Å². The number of carboxylic acid groups (broad SMARTS) is 1. The van der Waals surface area contributed by atoms with Crippen molar-refractivity contribution < 1.29 is 33.8 Å². The van der Waals surface area contributed by atoms with Gasteiger partial charge in [-0.1, -0.05) is 78.9 Å². The first-order chi connectivity index (χ1) is 18.3. The van der Waals surface area contributed by atoms with Crippen LogP contribution in [0, 0.1) is 0 Å². The number of ether oxygens (including phenoxy) is 2. The molecule has 2 atom stereocenters. The fourth-order valence-electron chi connectivity index (χ4n) is 4.33. The third-order valence-corrected chi connectivity index (χ3v) is 6.29. The van der Waals surface area contributed by atoms with Crippen molar-refractivity contribution in [2.75, 3.05) is 6.61 Å². The minimum Gasteiger partial charge on any atom is -0.480 e. The Hall–Kier alpha value is -4.66. The zero-order valence-electron chi connectivity index (χ0n) is 20.8. The smallest absolute Gasteiger partial charge is 0.407 e. The van der Waals surface area contributed by atoms with Gasteiger partial charge in [-0.25, -0.2) is 4.79 Å². The lowest BCUT2D eigenvalue weighted by Crippen LogP contribution is -2.51. The molecule has 2 amide bonds. The van der Waals surface area contributed by atoms with Gasteiger partial charge in [-0.05, 0) is 34.7 Å². The Morgan fingerprint density at radius 3 is 2.00 bits per heavy atom. The summed E-state index contributed by atoms with van der Waals surface area (Å²) in [5.74, 6) is -3.03. The van der Waals surface area contributed by atoms with E-state index in [-0.39, 0.29) is 19.1 Å². The molecule has 9 heteroatoms. The van der Waals surface area contributed by atoms with Gasteiger partial charge in [0.15, 0.2) is 0 Å². The Kier molecular flexibility index (Phi) is 8.37. The van der Waals surface area contributed by atoms with E-state index in [1.807, 2.05) is 54.6 Å².